The largest absolute Gasteiger partial charge is 0.332 e. The lowest BCUT2D eigenvalue weighted by atomic mass is 9.95. The summed E-state index contributed by atoms with van der Waals surface area (Å²) < 4.78 is 29.1. The molecule has 3 rings (SSSR count). The van der Waals surface area contributed by atoms with Crippen molar-refractivity contribution >= 4 is 10.2 Å². The second kappa shape index (κ2) is 6.58. The first kappa shape index (κ1) is 17.0. The molecule has 1 saturated heterocycles. The second-order valence-corrected chi connectivity index (χ2v) is 8.32. The van der Waals surface area contributed by atoms with E-state index in [2.05, 4.69) is 9.97 Å². The Morgan fingerprint density at radius 2 is 1.83 bits per heavy atom. The summed E-state index contributed by atoms with van der Waals surface area (Å²) in [6.45, 7) is 1.01. The molecule has 1 fully saturated rings. The third-order valence-corrected chi connectivity index (χ3v) is 6.33. The summed E-state index contributed by atoms with van der Waals surface area (Å²) in [5, 5.41) is 0. The molecule has 1 aliphatic rings. The van der Waals surface area contributed by atoms with Gasteiger partial charge >= 0.3 is 0 Å². The Bertz CT molecular complexity index is 809. The lowest BCUT2D eigenvalue weighted by Gasteiger charge is -2.32. The average Bonchev–Trinajstić information content (AvgIpc) is 3.01. The fraction of sp³-hybridized carbons (Fsp3) is 0.533. The maximum atomic E-state index is 12.2. The van der Waals surface area contributed by atoms with Crippen LogP contribution >= 0.6 is 0 Å². The van der Waals surface area contributed by atoms with Crippen molar-refractivity contribution < 1.29 is 8.42 Å². The highest BCUT2D eigenvalue weighted by atomic mass is 32.2. The Kier molecular flexibility index (Phi) is 4.66. The average molecular weight is 350 g/mol. The number of aryl methyl sites for hydroxylation is 1. The van der Waals surface area contributed by atoms with E-state index in [1.54, 1.807) is 39.0 Å². The molecule has 3 heterocycles. The SMILES string of the molecule is CN(C)S(=O)(=O)N1CCC(c2cncc(-c3cncn3C)n2)CC1. The van der Waals surface area contributed by atoms with Crippen LogP contribution in [0.5, 0.6) is 0 Å². The molecule has 8 nitrogen and oxygen atoms in total. The zero-order valence-corrected chi connectivity index (χ0v) is 14.9. The monoisotopic (exact) mass is 350 g/mol. The third kappa shape index (κ3) is 3.19. The van der Waals surface area contributed by atoms with E-state index in [4.69, 9.17) is 4.98 Å². The van der Waals surface area contributed by atoms with E-state index in [1.807, 2.05) is 11.6 Å². The molecule has 24 heavy (non-hydrogen) atoms. The number of piperidine rings is 1. The summed E-state index contributed by atoms with van der Waals surface area (Å²) in [4.78, 5) is 13.1. The van der Waals surface area contributed by atoms with Gasteiger partial charge in [0.05, 0.1) is 30.1 Å². The van der Waals surface area contributed by atoms with Gasteiger partial charge in [0.1, 0.15) is 5.69 Å². The van der Waals surface area contributed by atoms with Crippen LogP contribution in [-0.2, 0) is 17.3 Å². The standard InChI is InChI=1S/C15H22N6O2S/c1-19(2)24(22,23)21-6-4-12(5-7-21)13-8-16-9-14(18-13)15-10-17-11-20(15)3/h8-12H,4-7H2,1-3H3. The van der Waals surface area contributed by atoms with Crippen LogP contribution in [0.2, 0.25) is 0 Å². The van der Waals surface area contributed by atoms with Crippen LogP contribution in [0.3, 0.4) is 0 Å². The van der Waals surface area contributed by atoms with Crippen LogP contribution < -0.4 is 0 Å². The quantitative estimate of drug-likeness (QED) is 0.817. The van der Waals surface area contributed by atoms with Gasteiger partial charge in [-0.1, -0.05) is 0 Å². The van der Waals surface area contributed by atoms with Gasteiger partial charge in [-0.2, -0.15) is 17.0 Å². The highest BCUT2D eigenvalue weighted by molar-refractivity contribution is 7.86. The molecule has 9 heteroatoms. The molecule has 0 aliphatic carbocycles. The van der Waals surface area contributed by atoms with E-state index >= 15 is 0 Å². The molecule has 0 amide bonds. The Hall–Kier alpha value is -1.84. The van der Waals surface area contributed by atoms with Gasteiger partial charge < -0.3 is 4.57 Å². The van der Waals surface area contributed by atoms with Gasteiger partial charge in [-0.25, -0.2) is 9.97 Å². The van der Waals surface area contributed by atoms with E-state index in [0.717, 1.165) is 29.9 Å². The van der Waals surface area contributed by atoms with Crippen molar-refractivity contribution in [1.29, 1.82) is 0 Å². The first-order valence-corrected chi connectivity index (χ1v) is 9.25. The Balaban J connectivity index is 1.75. The Labute approximate surface area is 142 Å². The van der Waals surface area contributed by atoms with Crippen molar-refractivity contribution in [2.24, 2.45) is 7.05 Å². The molecule has 0 aromatic carbocycles. The van der Waals surface area contributed by atoms with Crippen molar-refractivity contribution in [3.05, 3.63) is 30.6 Å². The topological polar surface area (TPSA) is 84.2 Å². The first-order valence-electron chi connectivity index (χ1n) is 7.86. The predicted octanol–water partition coefficient (Wildman–Crippen LogP) is 0.863. The van der Waals surface area contributed by atoms with Crippen LogP contribution in [-0.4, -0.2) is 63.7 Å². The zero-order chi connectivity index (χ0) is 17.3. The van der Waals surface area contributed by atoms with Gasteiger partial charge in [-0.3, -0.25) is 4.98 Å². The molecule has 0 N–H and O–H groups in total. The van der Waals surface area contributed by atoms with Gasteiger partial charge in [-0.15, -0.1) is 0 Å². The molecule has 2 aromatic heterocycles. The minimum absolute atomic E-state index is 0.222. The lowest BCUT2D eigenvalue weighted by Crippen LogP contribution is -2.44. The molecule has 2 aromatic rings. The van der Waals surface area contributed by atoms with Crippen molar-refractivity contribution in [2.75, 3.05) is 27.2 Å². The molecular formula is C15H22N6O2S. The van der Waals surface area contributed by atoms with Crippen molar-refractivity contribution in [3.63, 3.8) is 0 Å². The van der Waals surface area contributed by atoms with Gasteiger partial charge in [0.25, 0.3) is 10.2 Å². The van der Waals surface area contributed by atoms with Crippen molar-refractivity contribution in [1.82, 2.24) is 28.1 Å². The van der Waals surface area contributed by atoms with E-state index in [1.165, 1.54) is 8.61 Å². The van der Waals surface area contributed by atoms with Crippen molar-refractivity contribution in [3.8, 4) is 11.4 Å². The Morgan fingerprint density at radius 1 is 1.12 bits per heavy atom. The summed E-state index contributed by atoms with van der Waals surface area (Å²) >= 11 is 0. The second-order valence-electron chi connectivity index (χ2n) is 6.18. The highest BCUT2D eigenvalue weighted by Gasteiger charge is 2.30. The first-order chi connectivity index (χ1) is 11.4. The van der Waals surface area contributed by atoms with Crippen LogP contribution in [0.25, 0.3) is 11.4 Å². The molecule has 0 radical (unpaired) electrons. The molecule has 0 unspecified atom stereocenters. The maximum Gasteiger partial charge on any atom is 0.281 e. The normalized spacial score (nSPS) is 17.5. The third-order valence-electron chi connectivity index (χ3n) is 4.39. The summed E-state index contributed by atoms with van der Waals surface area (Å²) in [6.07, 6.45) is 8.49. The van der Waals surface area contributed by atoms with Crippen LogP contribution in [0.15, 0.2) is 24.9 Å². The Morgan fingerprint density at radius 3 is 2.42 bits per heavy atom. The molecule has 0 atom stereocenters. The minimum atomic E-state index is -3.34. The number of rotatable bonds is 4. The number of hydrogen-bond acceptors (Lipinski definition) is 5. The minimum Gasteiger partial charge on any atom is -0.332 e. The van der Waals surface area contributed by atoms with Gasteiger partial charge in [0, 0.05) is 46.3 Å². The predicted molar refractivity (Wildman–Crippen MR) is 90.4 cm³/mol. The van der Waals surface area contributed by atoms with Gasteiger partial charge in [-0.05, 0) is 12.8 Å². The fourth-order valence-electron chi connectivity index (χ4n) is 2.92. The van der Waals surface area contributed by atoms with Crippen molar-refractivity contribution in [2.45, 2.75) is 18.8 Å². The molecule has 0 bridgehead atoms. The molecular weight excluding hydrogens is 328 g/mol. The van der Waals surface area contributed by atoms with Crippen LogP contribution in [0.4, 0.5) is 0 Å². The summed E-state index contributed by atoms with van der Waals surface area (Å²) in [7, 11) is 1.70. The van der Waals surface area contributed by atoms with Crippen LogP contribution in [0, 0.1) is 0 Å². The summed E-state index contributed by atoms with van der Waals surface area (Å²) in [5.41, 5.74) is 2.61. The number of imidazole rings is 1. The van der Waals surface area contributed by atoms with Gasteiger partial charge in [0.2, 0.25) is 0 Å². The lowest BCUT2D eigenvalue weighted by molar-refractivity contribution is 0.300. The maximum absolute atomic E-state index is 12.2. The zero-order valence-electron chi connectivity index (χ0n) is 14.1. The fourth-order valence-corrected chi connectivity index (χ4v) is 4.05. The van der Waals surface area contributed by atoms with E-state index in [9.17, 15) is 8.42 Å². The molecule has 1 aliphatic heterocycles. The summed E-state index contributed by atoms with van der Waals surface area (Å²) in [5.74, 6) is 0.222. The summed E-state index contributed by atoms with van der Waals surface area (Å²) in [6, 6.07) is 0. The smallest absolute Gasteiger partial charge is 0.281 e. The van der Waals surface area contributed by atoms with E-state index in [-0.39, 0.29) is 5.92 Å². The number of nitrogens with zero attached hydrogens (tertiary/aromatic N) is 6. The van der Waals surface area contributed by atoms with E-state index < -0.39 is 10.2 Å². The highest BCUT2D eigenvalue weighted by Crippen LogP contribution is 2.29. The molecule has 0 saturated carbocycles. The molecule has 130 valence electrons. The van der Waals surface area contributed by atoms with Gasteiger partial charge in [0.15, 0.2) is 0 Å². The van der Waals surface area contributed by atoms with E-state index in [0.29, 0.717) is 13.1 Å². The van der Waals surface area contributed by atoms with Crippen LogP contribution in [0.1, 0.15) is 24.5 Å². The molecule has 0 spiro atoms. The number of aromatic nitrogens is 4. The number of hydrogen-bond donors (Lipinski definition) is 0.